The Morgan fingerprint density at radius 3 is 2.90 bits per heavy atom. The number of nitrogens with zero attached hydrogens (tertiary/aromatic N) is 3. The van der Waals surface area contributed by atoms with Crippen molar-refractivity contribution in [3.8, 4) is 0 Å². The average Bonchev–Trinajstić information content (AvgIpc) is 2.85. The fraction of sp³-hybridized carbons (Fsp3) is 0.0714. The summed E-state index contributed by atoms with van der Waals surface area (Å²) in [5.41, 5.74) is 1.72. The maximum absolute atomic E-state index is 13.9. The van der Waals surface area contributed by atoms with Crippen LogP contribution in [0.5, 0.6) is 0 Å². The molecule has 7 heteroatoms. The van der Waals surface area contributed by atoms with Crippen LogP contribution in [0, 0.1) is 15.9 Å². The first-order chi connectivity index (χ1) is 10.1. The van der Waals surface area contributed by atoms with E-state index in [1.54, 1.807) is 10.9 Å². The summed E-state index contributed by atoms with van der Waals surface area (Å²) in [6.07, 6.45) is 1.59. The number of halogens is 2. The zero-order chi connectivity index (χ0) is 15.0. The number of para-hydroxylation sites is 1. The van der Waals surface area contributed by atoms with Gasteiger partial charge in [-0.25, -0.2) is 9.37 Å². The highest BCUT2D eigenvalue weighted by molar-refractivity contribution is 9.10. The molecule has 2 aromatic carbocycles. The quantitative estimate of drug-likeness (QED) is 0.532. The van der Waals surface area contributed by atoms with Crippen molar-refractivity contribution in [1.29, 1.82) is 0 Å². The third-order valence-corrected chi connectivity index (χ3v) is 3.81. The molecule has 0 radical (unpaired) electrons. The molecule has 0 atom stereocenters. The number of nitro benzene ring substituents is 1. The fourth-order valence-corrected chi connectivity index (χ4v) is 2.76. The Hall–Kier alpha value is -2.28. The number of benzene rings is 2. The van der Waals surface area contributed by atoms with Crippen LogP contribution in [0.2, 0.25) is 0 Å². The molecule has 0 fully saturated rings. The van der Waals surface area contributed by atoms with Crippen molar-refractivity contribution in [3.63, 3.8) is 0 Å². The van der Waals surface area contributed by atoms with E-state index in [-0.39, 0.29) is 17.8 Å². The van der Waals surface area contributed by atoms with E-state index < -0.39 is 10.7 Å². The van der Waals surface area contributed by atoms with Crippen molar-refractivity contribution in [3.05, 3.63) is 68.7 Å². The molecular weight excluding hydrogens is 341 g/mol. The highest BCUT2D eigenvalue weighted by atomic mass is 79.9. The van der Waals surface area contributed by atoms with Gasteiger partial charge in [0.1, 0.15) is 5.82 Å². The molecule has 106 valence electrons. The fourth-order valence-electron chi connectivity index (χ4n) is 2.18. The van der Waals surface area contributed by atoms with E-state index in [0.29, 0.717) is 0 Å². The minimum absolute atomic E-state index is 0.130. The van der Waals surface area contributed by atoms with Gasteiger partial charge in [0, 0.05) is 22.2 Å². The highest BCUT2D eigenvalue weighted by Gasteiger charge is 2.13. The largest absolute Gasteiger partial charge is 0.325 e. The van der Waals surface area contributed by atoms with Crippen LogP contribution in [-0.2, 0) is 6.54 Å². The molecule has 0 spiro atoms. The predicted octanol–water partition coefficient (Wildman–Crippen LogP) is 3.89. The van der Waals surface area contributed by atoms with Gasteiger partial charge in [0.2, 0.25) is 0 Å². The summed E-state index contributed by atoms with van der Waals surface area (Å²) in [7, 11) is 0. The SMILES string of the molecule is O=[N+]([O-])c1ccc(F)c(Cn2cnc3cccc(Br)c32)c1. The third-order valence-electron chi connectivity index (χ3n) is 3.17. The van der Waals surface area contributed by atoms with Crippen LogP contribution >= 0.6 is 15.9 Å². The van der Waals surface area contributed by atoms with E-state index in [0.717, 1.165) is 27.6 Å². The van der Waals surface area contributed by atoms with Crippen LogP contribution in [0.25, 0.3) is 11.0 Å². The predicted molar refractivity (Wildman–Crippen MR) is 79.6 cm³/mol. The Labute approximate surface area is 127 Å². The standard InChI is InChI=1S/C14H9BrFN3O2/c15-11-2-1-3-13-14(11)18(8-17-13)7-9-6-10(19(20)21)4-5-12(9)16/h1-6,8H,7H2. The zero-order valence-corrected chi connectivity index (χ0v) is 12.2. The number of hydrogen-bond donors (Lipinski definition) is 0. The average molecular weight is 350 g/mol. The molecule has 1 aromatic heterocycles. The lowest BCUT2D eigenvalue weighted by molar-refractivity contribution is -0.385. The normalized spacial score (nSPS) is 11.0. The lowest BCUT2D eigenvalue weighted by Crippen LogP contribution is -2.02. The van der Waals surface area contributed by atoms with Gasteiger partial charge in [0.15, 0.2) is 0 Å². The summed E-state index contributed by atoms with van der Waals surface area (Å²) in [6, 6.07) is 9.09. The van der Waals surface area contributed by atoms with E-state index in [9.17, 15) is 14.5 Å². The van der Waals surface area contributed by atoms with Crippen molar-refractivity contribution < 1.29 is 9.31 Å². The summed E-state index contributed by atoms with van der Waals surface area (Å²) in [5, 5.41) is 10.8. The number of fused-ring (bicyclic) bond motifs is 1. The molecule has 0 N–H and O–H groups in total. The van der Waals surface area contributed by atoms with Gasteiger partial charge < -0.3 is 4.57 Å². The molecule has 3 aromatic rings. The molecule has 0 amide bonds. The number of imidazole rings is 1. The summed E-state index contributed by atoms with van der Waals surface area (Å²) in [4.78, 5) is 14.5. The smallest absolute Gasteiger partial charge is 0.269 e. The van der Waals surface area contributed by atoms with Crippen LogP contribution in [0.3, 0.4) is 0 Å². The monoisotopic (exact) mass is 349 g/mol. The molecule has 3 rings (SSSR count). The molecule has 0 unspecified atom stereocenters. The number of hydrogen-bond acceptors (Lipinski definition) is 3. The minimum atomic E-state index is -0.537. The molecule has 21 heavy (non-hydrogen) atoms. The van der Waals surface area contributed by atoms with E-state index >= 15 is 0 Å². The molecule has 0 saturated carbocycles. The first-order valence-corrected chi connectivity index (χ1v) is 6.88. The van der Waals surface area contributed by atoms with Crippen LogP contribution in [0.1, 0.15) is 5.56 Å². The summed E-state index contributed by atoms with van der Waals surface area (Å²) in [5.74, 6) is -0.477. The molecular formula is C14H9BrFN3O2. The first kappa shape index (κ1) is 13.7. The molecule has 0 bridgehead atoms. The second-order valence-corrected chi connectivity index (χ2v) is 5.37. The van der Waals surface area contributed by atoms with Crippen LogP contribution in [-0.4, -0.2) is 14.5 Å². The van der Waals surface area contributed by atoms with Gasteiger partial charge in [-0.3, -0.25) is 10.1 Å². The maximum atomic E-state index is 13.9. The van der Waals surface area contributed by atoms with Gasteiger partial charge in [-0.1, -0.05) is 6.07 Å². The lowest BCUT2D eigenvalue weighted by atomic mass is 10.2. The minimum Gasteiger partial charge on any atom is -0.325 e. The second kappa shape index (κ2) is 5.25. The van der Waals surface area contributed by atoms with Gasteiger partial charge in [-0.15, -0.1) is 0 Å². The molecule has 0 aliphatic carbocycles. The van der Waals surface area contributed by atoms with Crippen molar-refractivity contribution in [1.82, 2.24) is 9.55 Å². The Kier molecular flexibility index (Phi) is 3.42. The van der Waals surface area contributed by atoms with Crippen LogP contribution in [0.4, 0.5) is 10.1 Å². The van der Waals surface area contributed by atoms with Gasteiger partial charge in [-0.05, 0) is 34.1 Å². The second-order valence-electron chi connectivity index (χ2n) is 4.51. The van der Waals surface area contributed by atoms with E-state index in [1.165, 1.54) is 6.07 Å². The van der Waals surface area contributed by atoms with Crippen LogP contribution < -0.4 is 0 Å². The topological polar surface area (TPSA) is 61.0 Å². The van der Waals surface area contributed by atoms with Gasteiger partial charge >= 0.3 is 0 Å². The van der Waals surface area contributed by atoms with Gasteiger partial charge in [0.05, 0.1) is 28.8 Å². The van der Waals surface area contributed by atoms with Crippen LogP contribution in [0.15, 0.2) is 47.2 Å². The number of rotatable bonds is 3. The Morgan fingerprint density at radius 1 is 1.33 bits per heavy atom. The molecule has 0 saturated heterocycles. The molecule has 5 nitrogen and oxygen atoms in total. The first-order valence-electron chi connectivity index (χ1n) is 6.08. The molecule has 1 heterocycles. The van der Waals surface area contributed by atoms with Crippen molar-refractivity contribution in [2.45, 2.75) is 6.54 Å². The Balaban J connectivity index is 2.06. The third kappa shape index (κ3) is 2.52. The Morgan fingerprint density at radius 2 is 2.14 bits per heavy atom. The molecule has 0 aliphatic heterocycles. The summed E-state index contributed by atoms with van der Waals surface area (Å²) < 4.78 is 16.4. The van der Waals surface area contributed by atoms with E-state index in [2.05, 4.69) is 20.9 Å². The maximum Gasteiger partial charge on any atom is 0.269 e. The summed E-state index contributed by atoms with van der Waals surface area (Å²) in [6.45, 7) is 0.173. The van der Waals surface area contributed by atoms with Gasteiger partial charge in [0.25, 0.3) is 5.69 Å². The van der Waals surface area contributed by atoms with E-state index in [4.69, 9.17) is 0 Å². The van der Waals surface area contributed by atoms with E-state index in [1.807, 2.05) is 18.2 Å². The zero-order valence-electron chi connectivity index (χ0n) is 10.7. The Bertz CT molecular complexity index is 847. The van der Waals surface area contributed by atoms with Gasteiger partial charge in [-0.2, -0.15) is 0 Å². The van der Waals surface area contributed by atoms with Crippen molar-refractivity contribution >= 4 is 32.7 Å². The lowest BCUT2D eigenvalue weighted by Gasteiger charge is -2.07. The number of nitro groups is 1. The van der Waals surface area contributed by atoms with Crippen molar-refractivity contribution in [2.75, 3.05) is 0 Å². The number of aromatic nitrogens is 2. The highest BCUT2D eigenvalue weighted by Crippen LogP contribution is 2.25. The number of non-ortho nitro benzene ring substituents is 1. The molecule has 0 aliphatic rings. The summed E-state index contributed by atoms with van der Waals surface area (Å²) >= 11 is 3.43. The van der Waals surface area contributed by atoms with Crippen molar-refractivity contribution in [2.24, 2.45) is 0 Å².